The number of ether oxygens (including phenoxy) is 2. The van der Waals surface area contributed by atoms with Crippen molar-refractivity contribution in [1.82, 2.24) is 5.32 Å². The van der Waals surface area contributed by atoms with Crippen molar-refractivity contribution in [3.63, 3.8) is 0 Å². The van der Waals surface area contributed by atoms with Crippen LogP contribution in [0, 0.1) is 5.92 Å². The summed E-state index contributed by atoms with van der Waals surface area (Å²) >= 11 is 6.30. The lowest BCUT2D eigenvalue weighted by atomic mass is 10.1. The van der Waals surface area contributed by atoms with E-state index in [1.807, 2.05) is 24.3 Å². The molecule has 0 spiro atoms. The van der Waals surface area contributed by atoms with Crippen LogP contribution in [0.2, 0.25) is 5.02 Å². The molecule has 20 heavy (non-hydrogen) atoms. The van der Waals surface area contributed by atoms with E-state index >= 15 is 0 Å². The second-order valence-electron chi connectivity index (χ2n) is 5.64. The third-order valence-corrected chi connectivity index (χ3v) is 3.86. The fourth-order valence-corrected chi connectivity index (χ4v) is 2.56. The molecule has 0 aromatic heterocycles. The minimum atomic E-state index is -0.00769. The molecule has 3 nitrogen and oxygen atoms in total. The fraction of sp³-hybridized carbons (Fsp3) is 0.625. The number of nitrogens with one attached hydrogen (secondary N) is 1. The van der Waals surface area contributed by atoms with Crippen LogP contribution >= 0.6 is 11.6 Å². The van der Waals surface area contributed by atoms with E-state index in [1.165, 1.54) is 0 Å². The first-order valence-electron chi connectivity index (χ1n) is 7.34. The Morgan fingerprint density at radius 2 is 2.20 bits per heavy atom. The molecule has 0 amide bonds. The molecule has 112 valence electrons. The largest absolute Gasteiger partial charge is 0.381 e. The Morgan fingerprint density at radius 3 is 2.85 bits per heavy atom. The first-order chi connectivity index (χ1) is 9.66. The minimum absolute atomic E-state index is 0.00769. The number of benzene rings is 1. The summed E-state index contributed by atoms with van der Waals surface area (Å²) in [5, 5.41) is 4.20. The van der Waals surface area contributed by atoms with E-state index in [0.29, 0.717) is 12.0 Å². The van der Waals surface area contributed by atoms with Gasteiger partial charge in [0.05, 0.1) is 19.3 Å². The summed E-state index contributed by atoms with van der Waals surface area (Å²) in [5.41, 5.74) is 1.06. The highest BCUT2D eigenvalue weighted by Gasteiger charge is 2.20. The molecule has 2 rings (SSSR count). The first-order valence-corrected chi connectivity index (χ1v) is 7.71. The standard InChI is InChI=1S/C16H24ClNO2/c1-12(2)18-9-16(14-5-3-4-6-15(14)17)20-11-13-7-8-19-10-13/h3-6,12-13,16,18H,7-11H2,1-2H3. The molecule has 2 unspecified atom stereocenters. The third kappa shape index (κ3) is 4.74. The average molecular weight is 298 g/mol. The normalized spacial score (nSPS) is 20.5. The Labute approximate surface area is 126 Å². The molecule has 0 saturated carbocycles. The molecule has 0 aliphatic carbocycles. The molecule has 1 heterocycles. The van der Waals surface area contributed by atoms with Gasteiger partial charge >= 0.3 is 0 Å². The maximum absolute atomic E-state index is 6.30. The number of hydrogen-bond donors (Lipinski definition) is 1. The average Bonchev–Trinajstić information content (AvgIpc) is 2.93. The van der Waals surface area contributed by atoms with Gasteiger partial charge in [0, 0.05) is 35.7 Å². The van der Waals surface area contributed by atoms with Gasteiger partial charge in [0.1, 0.15) is 0 Å². The van der Waals surface area contributed by atoms with Crippen LogP contribution in [-0.2, 0) is 9.47 Å². The van der Waals surface area contributed by atoms with Crippen LogP contribution in [0.15, 0.2) is 24.3 Å². The van der Waals surface area contributed by atoms with Gasteiger partial charge in [-0.1, -0.05) is 43.6 Å². The Morgan fingerprint density at radius 1 is 1.40 bits per heavy atom. The van der Waals surface area contributed by atoms with E-state index in [-0.39, 0.29) is 6.10 Å². The van der Waals surface area contributed by atoms with Gasteiger partial charge in [0.15, 0.2) is 0 Å². The molecule has 1 aliphatic heterocycles. The van der Waals surface area contributed by atoms with Crippen molar-refractivity contribution in [3.8, 4) is 0 Å². The van der Waals surface area contributed by atoms with Crippen molar-refractivity contribution in [1.29, 1.82) is 0 Å². The lowest BCUT2D eigenvalue weighted by molar-refractivity contribution is 0.0244. The quantitative estimate of drug-likeness (QED) is 0.836. The van der Waals surface area contributed by atoms with Crippen molar-refractivity contribution in [2.75, 3.05) is 26.4 Å². The van der Waals surface area contributed by atoms with Crippen LogP contribution in [0.1, 0.15) is 31.9 Å². The van der Waals surface area contributed by atoms with Gasteiger partial charge in [-0.05, 0) is 12.5 Å². The molecule has 1 N–H and O–H groups in total. The van der Waals surface area contributed by atoms with Crippen LogP contribution in [0.5, 0.6) is 0 Å². The maximum Gasteiger partial charge on any atom is 0.0963 e. The van der Waals surface area contributed by atoms with E-state index < -0.39 is 0 Å². The maximum atomic E-state index is 6.30. The van der Waals surface area contributed by atoms with E-state index in [9.17, 15) is 0 Å². The summed E-state index contributed by atoms with van der Waals surface area (Å²) in [6, 6.07) is 8.34. The molecule has 4 heteroatoms. The highest BCUT2D eigenvalue weighted by molar-refractivity contribution is 6.31. The molecule has 1 aromatic rings. The molecular formula is C16H24ClNO2. The van der Waals surface area contributed by atoms with Crippen LogP contribution in [0.25, 0.3) is 0 Å². The van der Waals surface area contributed by atoms with Crippen molar-refractivity contribution in [2.24, 2.45) is 5.92 Å². The summed E-state index contributed by atoms with van der Waals surface area (Å²) < 4.78 is 11.5. The highest BCUT2D eigenvalue weighted by atomic mass is 35.5. The smallest absolute Gasteiger partial charge is 0.0963 e. The molecule has 0 bridgehead atoms. The Balaban J connectivity index is 1.97. The van der Waals surface area contributed by atoms with Gasteiger partial charge in [0.2, 0.25) is 0 Å². The van der Waals surface area contributed by atoms with E-state index in [4.69, 9.17) is 21.1 Å². The Hall–Kier alpha value is -0.610. The third-order valence-electron chi connectivity index (χ3n) is 3.52. The molecule has 1 aromatic carbocycles. The van der Waals surface area contributed by atoms with Crippen LogP contribution in [0.3, 0.4) is 0 Å². The van der Waals surface area contributed by atoms with Gasteiger partial charge in [-0.15, -0.1) is 0 Å². The predicted molar refractivity (Wildman–Crippen MR) is 82.2 cm³/mol. The van der Waals surface area contributed by atoms with Crippen LogP contribution in [0.4, 0.5) is 0 Å². The van der Waals surface area contributed by atoms with Crippen LogP contribution in [-0.4, -0.2) is 32.4 Å². The number of rotatable bonds is 7. The first kappa shape index (κ1) is 15.8. The van der Waals surface area contributed by atoms with Gasteiger partial charge in [-0.3, -0.25) is 0 Å². The van der Waals surface area contributed by atoms with Crippen molar-refractivity contribution in [2.45, 2.75) is 32.4 Å². The summed E-state index contributed by atoms with van der Waals surface area (Å²) in [5.74, 6) is 0.513. The monoisotopic (exact) mass is 297 g/mol. The zero-order valence-corrected chi connectivity index (χ0v) is 13.0. The zero-order chi connectivity index (χ0) is 14.4. The zero-order valence-electron chi connectivity index (χ0n) is 12.3. The minimum Gasteiger partial charge on any atom is -0.381 e. The van der Waals surface area contributed by atoms with Crippen molar-refractivity contribution < 1.29 is 9.47 Å². The fourth-order valence-electron chi connectivity index (χ4n) is 2.30. The lowest BCUT2D eigenvalue weighted by Gasteiger charge is -2.22. The van der Waals surface area contributed by atoms with Crippen molar-refractivity contribution >= 4 is 11.6 Å². The molecule has 2 atom stereocenters. The number of halogens is 1. The van der Waals surface area contributed by atoms with Crippen molar-refractivity contribution in [3.05, 3.63) is 34.9 Å². The number of hydrogen-bond acceptors (Lipinski definition) is 3. The van der Waals surface area contributed by atoms with E-state index in [2.05, 4.69) is 19.2 Å². The SMILES string of the molecule is CC(C)NCC(OCC1CCOC1)c1ccccc1Cl. The molecule has 1 fully saturated rings. The van der Waals surface area contributed by atoms with Crippen LogP contribution < -0.4 is 5.32 Å². The van der Waals surface area contributed by atoms with Gasteiger partial charge in [-0.25, -0.2) is 0 Å². The topological polar surface area (TPSA) is 30.5 Å². The molecule has 1 saturated heterocycles. The lowest BCUT2D eigenvalue weighted by Crippen LogP contribution is -2.30. The van der Waals surface area contributed by atoms with E-state index in [0.717, 1.165) is 43.4 Å². The molecule has 1 aliphatic rings. The van der Waals surface area contributed by atoms with Gasteiger partial charge < -0.3 is 14.8 Å². The summed E-state index contributed by atoms with van der Waals surface area (Å²) in [7, 11) is 0. The summed E-state index contributed by atoms with van der Waals surface area (Å²) in [4.78, 5) is 0. The summed E-state index contributed by atoms with van der Waals surface area (Å²) in [6.07, 6.45) is 1.08. The highest BCUT2D eigenvalue weighted by Crippen LogP contribution is 2.26. The molecule has 0 radical (unpaired) electrons. The predicted octanol–water partition coefficient (Wildman–Crippen LogP) is 3.43. The van der Waals surface area contributed by atoms with Gasteiger partial charge in [0.25, 0.3) is 0 Å². The Bertz CT molecular complexity index is 405. The Kier molecular flexibility index (Phi) is 6.30. The summed E-state index contributed by atoms with van der Waals surface area (Å²) in [6.45, 7) is 7.44. The molecular weight excluding hydrogens is 274 g/mol. The second kappa shape index (κ2) is 7.99. The van der Waals surface area contributed by atoms with Gasteiger partial charge in [-0.2, -0.15) is 0 Å². The van der Waals surface area contributed by atoms with E-state index in [1.54, 1.807) is 0 Å². The second-order valence-corrected chi connectivity index (χ2v) is 6.04.